The lowest BCUT2D eigenvalue weighted by molar-refractivity contribution is -0.385. The van der Waals surface area contributed by atoms with Crippen molar-refractivity contribution in [1.82, 2.24) is 5.32 Å². The lowest BCUT2D eigenvalue weighted by Gasteiger charge is -2.20. The Balaban J connectivity index is 2.78. The van der Waals surface area contributed by atoms with E-state index in [0.717, 1.165) is 6.07 Å². The van der Waals surface area contributed by atoms with Crippen molar-refractivity contribution in [2.75, 3.05) is 13.7 Å². The van der Waals surface area contributed by atoms with E-state index in [4.69, 9.17) is 10.00 Å². The average Bonchev–Trinajstić information content (AvgIpc) is 2.41. The average molecular weight is 281 g/mol. The molecule has 1 rings (SSSR count). The van der Waals surface area contributed by atoms with Crippen molar-refractivity contribution >= 4 is 5.69 Å². The van der Waals surface area contributed by atoms with E-state index in [1.807, 2.05) is 0 Å². The van der Waals surface area contributed by atoms with Crippen molar-refractivity contribution in [1.29, 1.82) is 5.26 Å². The van der Waals surface area contributed by atoms with E-state index >= 15 is 0 Å². The quantitative estimate of drug-likeness (QED) is 0.638. The van der Waals surface area contributed by atoms with Crippen LogP contribution in [0.4, 0.5) is 10.1 Å². The Morgan fingerprint density at radius 2 is 2.25 bits per heavy atom. The maximum absolute atomic E-state index is 13.7. The van der Waals surface area contributed by atoms with E-state index in [-0.39, 0.29) is 18.0 Å². The standard InChI is InChI=1S/C13H16FN3O3/c1-9-6-12(10(14)7-11(9)17(18)19)20-5-4-13(2,8-15)16-3/h6-7,16H,4-5H2,1-3H3. The van der Waals surface area contributed by atoms with Crippen molar-refractivity contribution in [3.05, 3.63) is 33.6 Å². The molecule has 0 saturated heterocycles. The van der Waals surface area contributed by atoms with Crippen molar-refractivity contribution < 1.29 is 14.1 Å². The topological polar surface area (TPSA) is 88.2 Å². The Hall–Kier alpha value is -2.20. The highest BCUT2D eigenvalue weighted by molar-refractivity contribution is 5.45. The molecule has 0 aliphatic rings. The number of nitro benzene ring substituents is 1. The monoisotopic (exact) mass is 281 g/mol. The highest BCUT2D eigenvalue weighted by Crippen LogP contribution is 2.27. The number of nitrogens with zero attached hydrogens (tertiary/aromatic N) is 2. The van der Waals surface area contributed by atoms with E-state index < -0.39 is 16.3 Å². The Morgan fingerprint density at radius 1 is 1.60 bits per heavy atom. The second-order valence-electron chi connectivity index (χ2n) is 4.62. The minimum atomic E-state index is -0.787. The summed E-state index contributed by atoms with van der Waals surface area (Å²) in [5.41, 5.74) is -0.721. The minimum Gasteiger partial charge on any atom is -0.490 e. The lowest BCUT2D eigenvalue weighted by Crippen LogP contribution is -2.39. The Bertz CT molecular complexity index is 557. The fourth-order valence-electron chi connectivity index (χ4n) is 1.55. The third-order valence-electron chi connectivity index (χ3n) is 3.11. The fourth-order valence-corrected chi connectivity index (χ4v) is 1.55. The van der Waals surface area contributed by atoms with Gasteiger partial charge in [0.2, 0.25) is 0 Å². The number of nitro groups is 1. The molecule has 0 aliphatic carbocycles. The van der Waals surface area contributed by atoms with Crippen LogP contribution in [0.3, 0.4) is 0 Å². The Labute approximate surface area is 116 Å². The number of nitrogens with one attached hydrogen (secondary N) is 1. The molecule has 6 nitrogen and oxygen atoms in total. The first-order valence-electron chi connectivity index (χ1n) is 6.00. The van der Waals surface area contributed by atoms with Crippen molar-refractivity contribution in [3.8, 4) is 11.8 Å². The van der Waals surface area contributed by atoms with E-state index in [1.54, 1.807) is 14.0 Å². The smallest absolute Gasteiger partial charge is 0.275 e. The number of halogens is 1. The van der Waals surface area contributed by atoms with Crippen molar-refractivity contribution in [3.63, 3.8) is 0 Å². The van der Waals surface area contributed by atoms with Gasteiger partial charge in [-0.2, -0.15) is 5.26 Å². The van der Waals surface area contributed by atoms with Gasteiger partial charge in [-0.25, -0.2) is 4.39 Å². The first-order valence-corrected chi connectivity index (χ1v) is 6.00. The molecule has 1 atom stereocenters. The van der Waals surface area contributed by atoms with Crippen LogP contribution < -0.4 is 10.1 Å². The first kappa shape index (κ1) is 15.9. The SMILES string of the molecule is CNC(C)(C#N)CCOc1cc(C)c([N+](=O)[O-])cc1F. The summed E-state index contributed by atoms with van der Waals surface area (Å²) in [5.74, 6) is -0.838. The molecule has 0 aromatic heterocycles. The zero-order chi connectivity index (χ0) is 15.3. The van der Waals surface area contributed by atoms with Crippen LogP contribution in [0.15, 0.2) is 12.1 Å². The zero-order valence-corrected chi connectivity index (χ0v) is 11.6. The molecule has 0 saturated carbocycles. The molecule has 0 spiro atoms. The van der Waals surface area contributed by atoms with Gasteiger partial charge in [-0.3, -0.25) is 10.1 Å². The van der Waals surface area contributed by atoms with Gasteiger partial charge in [-0.1, -0.05) is 0 Å². The number of hydrogen-bond acceptors (Lipinski definition) is 5. The summed E-state index contributed by atoms with van der Waals surface area (Å²) in [6, 6.07) is 4.22. The van der Waals surface area contributed by atoms with Gasteiger partial charge in [0, 0.05) is 12.0 Å². The molecule has 0 amide bonds. The molecule has 0 heterocycles. The van der Waals surface area contributed by atoms with E-state index in [9.17, 15) is 14.5 Å². The second-order valence-corrected chi connectivity index (χ2v) is 4.62. The van der Waals surface area contributed by atoms with Gasteiger partial charge >= 0.3 is 0 Å². The summed E-state index contributed by atoms with van der Waals surface area (Å²) in [6.45, 7) is 3.34. The molecule has 0 aliphatic heterocycles. The lowest BCUT2D eigenvalue weighted by atomic mass is 10.0. The van der Waals surface area contributed by atoms with Gasteiger partial charge in [0.1, 0.15) is 5.54 Å². The van der Waals surface area contributed by atoms with Gasteiger partial charge < -0.3 is 10.1 Å². The van der Waals surface area contributed by atoms with Crippen LogP contribution in [-0.4, -0.2) is 24.1 Å². The van der Waals surface area contributed by atoms with E-state index in [2.05, 4.69) is 11.4 Å². The number of benzene rings is 1. The normalized spacial score (nSPS) is 13.3. The van der Waals surface area contributed by atoms with E-state index in [1.165, 1.54) is 13.0 Å². The van der Waals surface area contributed by atoms with Crippen LogP contribution >= 0.6 is 0 Å². The molecule has 108 valence electrons. The zero-order valence-electron chi connectivity index (χ0n) is 11.6. The predicted octanol–water partition coefficient (Wildman–Crippen LogP) is 2.31. The number of nitriles is 1. The highest BCUT2D eigenvalue weighted by atomic mass is 19.1. The Kier molecular flexibility index (Phi) is 5.00. The number of rotatable bonds is 6. The summed E-state index contributed by atoms with van der Waals surface area (Å²) in [5, 5.41) is 22.5. The van der Waals surface area contributed by atoms with Gasteiger partial charge in [0.15, 0.2) is 11.6 Å². The van der Waals surface area contributed by atoms with Crippen LogP contribution in [0.25, 0.3) is 0 Å². The van der Waals surface area contributed by atoms with Crippen LogP contribution in [0, 0.1) is 34.2 Å². The number of hydrogen-bond donors (Lipinski definition) is 1. The van der Waals surface area contributed by atoms with Crippen LogP contribution in [0.5, 0.6) is 5.75 Å². The predicted molar refractivity (Wildman–Crippen MR) is 71.0 cm³/mol. The summed E-state index contributed by atoms with van der Waals surface area (Å²) in [7, 11) is 1.65. The molecule has 0 fully saturated rings. The second kappa shape index (κ2) is 6.30. The fraction of sp³-hybridized carbons (Fsp3) is 0.462. The van der Waals surface area contributed by atoms with E-state index in [0.29, 0.717) is 12.0 Å². The molecule has 1 unspecified atom stereocenters. The van der Waals surface area contributed by atoms with Crippen molar-refractivity contribution in [2.24, 2.45) is 0 Å². The molecule has 0 bridgehead atoms. The number of aryl methyl sites for hydroxylation is 1. The molecular weight excluding hydrogens is 265 g/mol. The van der Waals surface area contributed by atoms with Gasteiger partial charge in [0.25, 0.3) is 5.69 Å². The Morgan fingerprint density at radius 3 is 2.75 bits per heavy atom. The van der Waals surface area contributed by atoms with Gasteiger partial charge in [-0.05, 0) is 27.0 Å². The molecular formula is C13H16FN3O3. The maximum atomic E-state index is 13.7. The maximum Gasteiger partial charge on any atom is 0.275 e. The summed E-state index contributed by atoms with van der Waals surface area (Å²) >= 11 is 0. The summed E-state index contributed by atoms with van der Waals surface area (Å²) in [4.78, 5) is 10.0. The largest absolute Gasteiger partial charge is 0.490 e. The van der Waals surface area contributed by atoms with Crippen LogP contribution in [-0.2, 0) is 0 Å². The number of ether oxygens (including phenoxy) is 1. The molecule has 1 aromatic carbocycles. The third kappa shape index (κ3) is 3.65. The summed E-state index contributed by atoms with van der Waals surface area (Å²) in [6.07, 6.45) is 0.357. The summed E-state index contributed by atoms with van der Waals surface area (Å²) < 4.78 is 18.9. The molecule has 20 heavy (non-hydrogen) atoms. The molecule has 1 aromatic rings. The third-order valence-corrected chi connectivity index (χ3v) is 3.11. The molecule has 1 N–H and O–H groups in total. The minimum absolute atomic E-state index is 0.0514. The van der Waals surface area contributed by atoms with Crippen molar-refractivity contribution in [2.45, 2.75) is 25.8 Å². The van der Waals surface area contributed by atoms with Gasteiger partial charge in [0.05, 0.1) is 23.7 Å². The molecule has 7 heteroatoms. The van der Waals surface area contributed by atoms with Crippen LogP contribution in [0.1, 0.15) is 18.9 Å². The highest BCUT2D eigenvalue weighted by Gasteiger charge is 2.22. The first-order chi connectivity index (χ1) is 9.33. The van der Waals surface area contributed by atoms with Gasteiger partial charge in [-0.15, -0.1) is 0 Å². The molecule has 0 radical (unpaired) electrons. The van der Waals surface area contributed by atoms with Crippen LogP contribution in [0.2, 0.25) is 0 Å².